The van der Waals surface area contributed by atoms with E-state index in [4.69, 9.17) is 0 Å². The second-order valence-electron chi connectivity index (χ2n) is 5.47. The largest absolute Gasteiger partial charge is 0.623 e. The van der Waals surface area contributed by atoms with Crippen LogP contribution in [0, 0.1) is 5.21 Å². The van der Waals surface area contributed by atoms with Crippen molar-refractivity contribution >= 4 is 18.0 Å². The van der Waals surface area contributed by atoms with E-state index in [0.29, 0.717) is 24.0 Å². The Morgan fingerprint density at radius 3 is 2.57 bits per heavy atom. The molecule has 1 saturated carbocycles. The molecule has 0 saturated heterocycles. The van der Waals surface area contributed by atoms with Gasteiger partial charge < -0.3 is 9.94 Å². The highest BCUT2D eigenvalue weighted by atomic mass is 16.5. The topological polar surface area (TPSA) is 69.4 Å². The zero-order valence-electron chi connectivity index (χ0n) is 12.3. The highest BCUT2D eigenvalue weighted by Crippen LogP contribution is 2.27. The Kier molecular flexibility index (Phi) is 4.40. The van der Waals surface area contributed by atoms with E-state index in [1.807, 2.05) is 0 Å². The van der Waals surface area contributed by atoms with Gasteiger partial charge in [0.2, 0.25) is 11.3 Å². The number of methoxy groups -OCH3 is 1. The zero-order valence-corrected chi connectivity index (χ0v) is 12.3. The standard InChI is InChI=1S/C16H19NO4/c1-16(10-4-3-5-14(16)18)17(20)11-12-6-8-13(9-7-12)15(19)21-2/h6-9,11H,3-5,10H2,1-2H3/b17-11-/t16-/m0/s1. The number of hydrogen-bond donors (Lipinski definition) is 0. The molecule has 1 aromatic carbocycles. The van der Waals surface area contributed by atoms with Gasteiger partial charge in [-0.2, -0.15) is 4.74 Å². The average molecular weight is 289 g/mol. The fraction of sp³-hybridized carbons (Fsp3) is 0.438. The molecule has 0 bridgehead atoms. The molecular weight excluding hydrogens is 270 g/mol. The first kappa shape index (κ1) is 15.2. The maximum absolute atomic E-state index is 12.3. The number of hydrogen-bond acceptors (Lipinski definition) is 4. The van der Waals surface area contributed by atoms with E-state index in [0.717, 1.165) is 17.6 Å². The van der Waals surface area contributed by atoms with Crippen molar-refractivity contribution in [2.24, 2.45) is 0 Å². The van der Waals surface area contributed by atoms with Crippen LogP contribution in [0.1, 0.15) is 48.5 Å². The first-order valence-corrected chi connectivity index (χ1v) is 7.00. The fourth-order valence-corrected chi connectivity index (χ4v) is 2.50. The lowest BCUT2D eigenvalue weighted by atomic mass is 9.82. The Morgan fingerprint density at radius 2 is 2.00 bits per heavy atom. The highest BCUT2D eigenvalue weighted by molar-refractivity contribution is 5.91. The molecule has 0 unspecified atom stereocenters. The average Bonchev–Trinajstić information content (AvgIpc) is 2.50. The van der Waals surface area contributed by atoms with Crippen molar-refractivity contribution in [1.82, 2.24) is 0 Å². The van der Waals surface area contributed by atoms with Gasteiger partial charge in [-0.3, -0.25) is 4.79 Å². The zero-order chi connectivity index (χ0) is 15.5. The van der Waals surface area contributed by atoms with Gasteiger partial charge in [0.1, 0.15) is 0 Å². The molecule has 5 nitrogen and oxygen atoms in total. The smallest absolute Gasteiger partial charge is 0.337 e. The number of benzene rings is 1. The minimum absolute atomic E-state index is 0.00817. The van der Waals surface area contributed by atoms with Crippen LogP contribution in [0.25, 0.3) is 0 Å². The highest BCUT2D eigenvalue weighted by Gasteiger charge is 2.42. The molecule has 2 rings (SSSR count). The molecule has 1 aromatic rings. The molecule has 112 valence electrons. The van der Waals surface area contributed by atoms with E-state index in [2.05, 4.69) is 4.74 Å². The molecule has 0 radical (unpaired) electrons. The Balaban J connectivity index is 2.22. The SMILES string of the molecule is COC(=O)c1ccc(/C=[N+](\[O-])[C@@]2(C)CCCCC2=O)cc1. The third-order valence-corrected chi connectivity index (χ3v) is 4.00. The molecule has 1 atom stereocenters. The lowest BCUT2D eigenvalue weighted by Crippen LogP contribution is -2.46. The number of ketones is 1. The summed E-state index contributed by atoms with van der Waals surface area (Å²) in [7, 11) is 1.32. The van der Waals surface area contributed by atoms with E-state index in [9.17, 15) is 14.8 Å². The number of nitrogens with zero attached hydrogens (tertiary/aromatic N) is 1. The number of Topliss-reactive ketones (excluding diaryl/α,β-unsaturated/α-hetero) is 1. The molecule has 0 aliphatic heterocycles. The predicted octanol–water partition coefficient (Wildman–Crippen LogP) is 2.30. The monoisotopic (exact) mass is 289 g/mol. The second kappa shape index (κ2) is 6.08. The van der Waals surface area contributed by atoms with Gasteiger partial charge in [-0.15, -0.1) is 0 Å². The molecule has 5 heteroatoms. The van der Waals surface area contributed by atoms with Crippen LogP contribution in [0.15, 0.2) is 24.3 Å². The Bertz CT molecular complexity index is 576. The van der Waals surface area contributed by atoms with Crippen LogP contribution in [0.3, 0.4) is 0 Å². The summed E-state index contributed by atoms with van der Waals surface area (Å²) >= 11 is 0. The normalized spacial score (nSPS) is 23.0. The number of ether oxygens (including phenoxy) is 1. The van der Waals surface area contributed by atoms with Gasteiger partial charge in [0.05, 0.1) is 12.7 Å². The van der Waals surface area contributed by atoms with Gasteiger partial charge in [0.15, 0.2) is 6.21 Å². The van der Waals surface area contributed by atoms with Crippen LogP contribution in [0.4, 0.5) is 0 Å². The summed E-state index contributed by atoms with van der Waals surface area (Å²) < 4.78 is 5.37. The van der Waals surface area contributed by atoms with E-state index < -0.39 is 11.5 Å². The lowest BCUT2D eigenvalue weighted by molar-refractivity contribution is -0.525. The van der Waals surface area contributed by atoms with Crippen LogP contribution in [-0.2, 0) is 9.53 Å². The Labute approximate surface area is 123 Å². The molecule has 0 heterocycles. The summed E-state index contributed by atoms with van der Waals surface area (Å²) in [6, 6.07) is 6.51. The summed E-state index contributed by atoms with van der Waals surface area (Å²) in [5.41, 5.74) is 0.100. The quantitative estimate of drug-likeness (QED) is 0.281. The number of hydroxylamine groups is 1. The molecule has 0 amide bonds. The van der Waals surface area contributed by atoms with Crippen molar-refractivity contribution in [3.8, 4) is 0 Å². The van der Waals surface area contributed by atoms with Crippen molar-refractivity contribution in [3.05, 3.63) is 40.6 Å². The maximum atomic E-state index is 12.3. The summed E-state index contributed by atoms with van der Waals surface area (Å²) in [6.45, 7) is 1.70. The van der Waals surface area contributed by atoms with Crippen molar-refractivity contribution in [1.29, 1.82) is 0 Å². The molecular formula is C16H19NO4. The first-order valence-electron chi connectivity index (χ1n) is 7.00. The van der Waals surface area contributed by atoms with Gasteiger partial charge in [0, 0.05) is 25.3 Å². The number of carbonyl (C=O) groups excluding carboxylic acids is 2. The number of carbonyl (C=O) groups is 2. The number of esters is 1. The van der Waals surface area contributed by atoms with Crippen molar-refractivity contribution in [3.63, 3.8) is 0 Å². The van der Waals surface area contributed by atoms with E-state index in [1.165, 1.54) is 13.3 Å². The summed E-state index contributed by atoms with van der Waals surface area (Å²) in [5.74, 6) is -0.430. The van der Waals surface area contributed by atoms with E-state index in [1.54, 1.807) is 31.2 Å². The van der Waals surface area contributed by atoms with Crippen LogP contribution >= 0.6 is 0 Å². The molecule has 1 aliphatic carbocycles. The maximum Gasteiger partial charge on any atom is 0.337 e. The molecule has 1 fully saturated rings. The third kappa shape index (κ3) is 3.12. The summed E-state index contributed by atoms with van der Waals surface area (Å²) in [5, 5.41) is 12.3. The fourth-order valence-electron chi connectivity index (χ4n) is 2.50. The van der Waals surface area contributed by atoms with Crippen LogP contribution < -0.4 is 0 Å². The van der Waals surface area contributed by atoms with Gasteiger partial charge >= 0.3 is 5.97 Å². The number of rotatable bonds is 3. The summed E-state index contributed by atoms with van der Waals surface area (Å²) in [4.78, 5) is 23.3. The molecule has 1 aliphatic rings. The van der Waals surface area contributed by atoms with Crippen molar-refractivity contribution in [2.45, 2.75) is 38.1 Å². The Hall–Kier alpha value is -2.17. The van der Waals surface area contributed by atoms with Crippen molar-refractivity contribution < 1.29 is 19.1 Å². The van der Waals surface area contributed by atoms with Gasteiger partial charge in [-0.25, -0.2) is 4.79 Å². The van der Waals surface area contributed by atoms with Crippen molar-refractivity contribution in [2.75, 3.05) is 7.11 Å². The first-order chi connectivity index (χ1) is 9.97. The second-order valence-corrected chi connectivity index (χ2v) is 5.47. The predicted molar refractivity (Wildman–Crippen MR) is 78.5 cm³/mol. The van der Waals surface area contributed by atoms with Crippen LogP contribution in [0.5, 0.6) is 0 Å². The minimum Gasteiger partial charge on any atom is -0.623 e. The molecule has 0 aromatic heterocycles. The summed E-state index contributed by atoms with van der Waals surface area (Å²) in [6.07, 6.45) is 4.19. The molecule has 0 spiro atoms. The lowest BCUT2D eigenvalue weighted by Gasteiger charge is -2.30. The Morgan fingerprint density at radius 1 is 1.33 bits per heavy atom. The van der Waals surface area contributed by atoms with E-state index in [-0.39, 0.29) is 5.78 Å². The van der Waals surface area contributed by atoms with Crippen LogP contribution in [0.2, 0.25) is 0 Å². The van der Waals surface area contributed by atoms with E-state index >= 15 is 0 Å². The van der Waals surface area contributed by atoms with Gasteiger partial charge in [0.25, 0.3) is 0 Å². The van der Waals surface area contributed by atoms with Gasteiger partial charge in [-0.1, -0.05) is 0 Å². The third-order valence-electron chi connectivity index (χ3n) is 4.00. The van der Waals surface area contributed by atoms with Gasteiger partial charge in [-0.05, 0) is 37.1 Å². The van der Waals surface area contributed by atoms with Crippen LogP contribution in [-0.4, -0.2) is 35.4 Å². The minimum atomic E-state index is -0.973. The molecule has 0 N–H and O–H groups in total. The molecule has 21 heavy (non-hydrogen) atoms.